The lowest BCUT2D eigenvalue weighted by atomic mass is 10.0. The fourth-order valence-corrected chi connectivity index (χ4v) is 6.41. The van der Waals surface area contributed by atoms with Crippen LogP contribution in [-0.4, -0.2) is 50.3 Å². The van der Waals surface area contributed by atoms with E-state index < -0.39 is 0 Å². The van der Waals surface area contributed by atoms with Crippen LogP contribution in [0.25, 0.3) is 11.3 Å². The van der Waals surface area contributed by atoms with Crippen LogP contribution < -0.4 is 15.6 Å². The van der Waals surface area contributed by atoms with E-state index in [1.807, 2.05) is 40.7 Å². The molecule has 3 aromatic rings. The Labute approximate surface area is 187 Å². The molecule has 5 rings (SSSR count). The number of fused-ring (bicyclic) bond motifs is 1. The van der Waals surface area contributed by atoms with Crippen molar-refractivity contribution in [3.8, 4) is 17.0 Å². The molecule has 2 aliphatic heterocycles. The van der Waals surface area contributed by atoms with Crippen molar-refractivity contribution in [1.29, 1.82) is 0 Å². The number of carbonyl (C=O) groups is 1. The Balaban J connectivity index is 1.59. The number of hydrogen-bond acceptors (Lipinski definition) is 6. The van der Waals surface area contributed by atoms with Crippen LogP contribution in [0.3, 0.4) is 0 Å². The molecule has 0 spiro atoms. The van der Waals surface area contributed by atoms with E-state index in [2.05, 4.69) is 20.6 Å². The average molecular weight is 458 g/mol. The monoisotopic (exact) mass is 457 g/mol. The van der Waals surface area contributed by atoms with E-state index in [4.69, 9.17) is 4.74 Å². The first-order chi connectivity index (χ1) is 15.2. The minimum Gasteiger partial charge on any atom is -0.497 e. The van der Waals surface area contributed by atoms with Crippen molar-refractivity contribution in [2.45, 2.75) is 24.1 Å². The summed E-state index contributed by atoms with van der Waals surface area (Å²) in [5.41, 5.74) is 3.09. The van der Waals surface area contributed by atoms with E-state index in [0.29, 0.717) is 11.4 Å². The number of ether oxygens (including phenoxy) is 1. The molecule has 10 heteroatoms. The van der Waals surface area contributed by atoms with Gasteiger partial charge in [0.05, 0.1) is 41.6 Å². The van der Waals surface area contributed by atoms with Gasteiger partial charge in [-0.05, 0) is 48.6 Å². The molecule has 0 saturated carbocycles. The van der Waals surface area contributed by atoms with Gasteiger partial charge >= 0.3 is 0 Å². The molecular formula is C21H23N5O3S2. The predicted octanol–water partition coefficient (Wildman–Crippen LogP) is 3.42. The zero-order valence-electron chi connectivity index (χ0n) is 17.0. The molecule has 1 aromatic carbocycles. The topological polar surface area (TPSA) is 105 Å². The smallest absolute Gasteiger partial charge is 0.270 e. The zero-order chi connectivity index (χ0) is 21.4. The molecule has 0 bridgehead atoms. The van der Waals surface area contributed by atoms with Gasteiger partial charge in [0, 0.05) is 11.1 Å². The largest absolute Gasteiger partial charge is 0.497 e. The third-order valence-corrected chi connectivity index (χ3v) is 8.05. The van der Waals surface area contributed by atoms with E-state index in [0.717, 1.165) is 46.9 Å². The molecule has 0 radical (unpaired) electrons. The van der Waals surface area contributed by atoms with Gasteiger partial charge in [0.1, 0.15) is 11.6 Å². The number of nitrogens with zero attached hydrogens (tertiary/aromatic N) is 2. The summed E-state index contributed by atoms with van der Waals surface area (Å²) in [6, 6.07) is 7.88. The molecule has 31 heavy (non-hydrogen) atoms. The van der Waals surface area contributed by atoms with Gasteiger partial charge in [0.25, 0.3) is 5.56 Å². The van der Waals surface area contributed by atoms with Crippen LogP contribution in [-0.2, 0) is 4.79 Å². The Morgan fingerprint density at radius 2 is 1.94 bits per heavy atom. The summed E-state index contributed by atoms with van der Waals surface area (Å²) in [4.78, 5) is 25.7. The second kappa shape index (κ2) is 8.51. The highest BCUT2D eigenvalue weighted by atomic mass is 32.2. The molecule has 2 aliphatic rings. The molecule has 1 unspecified atom stereocenters. The van der Waals surface area contributed by atoms with Crippen molar-refractivity contribution in [1.82, 2.24) is 20.0 Å². The molecule has 1 saturated heterocycles. The van der Waals surface area contributed by atoms with Crippen LogP contribution in [0.1, 0.15) is 35.3 Å². The number of aromatic amines is 2. The fraction of sp³-hybridized carbons (Fsp3) is 0.381. The van der Waals surface area contributed by atoms with Crippen LogP contribution in [0, 0.1) is 0 Å². The van der Waals surface area contributed by atoms with Gasteiger partial charge in [-0.25, -0.2) is 0 Å². The minimum atomic E-state index is -0.312. The second-order valence-corrected chi connectivity index (χ2v) is 9.90. The van der Waals surface area contributed by atoms with Gasteiger partial charge in [-0.1, -0.05) is 0 Å². The standard InChI is InChI=1S/C21H23N5O3S2/c1-29-14-4-2-12(3-5-14)18-15(10-22-24-18)19-17-20(23-16(27)11-31-19)26(25-21(17)28)13-6-8-30-9-7-13/h2-5,10,13,19H,6-9,11H2,1H3,(H,22,24)(H,23,27)(H,25,28). The predicted molar refractivity (Wildman–Crippen MR) is 124 cm³/mol. The molecule has 2 aromatic heterocycles. The summed E-state index contributed by atoms with van der Waals surface area (Å²) in [6.45, 7) is 0. The molecule has 3 N–H and O–H groups in total. The summed E-state index contributed by atoms with van der Waals surface area (Å²) >= 11 is 3.37. The SMILES string of the molecule is COc1ccc(-c2[nH]ncc2C2SCC(=O)Nc3c2c(=O)[nH]n3C2CCSCC2)cc1. The van der Waals surface area contributed by atoms with Crippen molar-refractivity contribution in [2.75, 3.05) is 29.7 Å². The number of aromatic nitrogens is 4. The normalized spacial score (nSPS) is 19.5. The van der Waals surface area contributed by atoms with Crippen molar-refractivity contribution in [2.24, 2.45) is 0 Å². The molecule has 1 atom stereocenters. The maximum atomic E-state index is 13.1. The van der Waals surface area contributed by atoms with Gasteiger partial charge in [-0.3, -0.25) is 24.5 Å². The molecule has 1 fully saturated rings. The minimum absolute atomic E-state index is 0.0961. The Hall–Kier alpha value is -2.59. The van der Waals surface area contributed by atoms with Gasteiger partial charge in [-0.2, -0.15) is 16.9 Å². The zero-order valence-corrected chi connectivity index (χ0v) is 18.6. The second-order valence-electron chi connectivity index (χ2n) is 7.58. The number of amides is 1. The van der Waals surface area contributed by atoms with Crippen molar-refractivity contribution in [3.63, 3.8) is 0 Å². The van der Waals surface area contributed by atoms with Crippen LogP contribution in [0.2, 0.25) is 0 Å². The highest BCUT2D eigenvalue weighted by molar-refractivity contribution is 8.00. The van der Waals surface area contributed by atoms with E-state index in [1.165, 1.54) is 11.8 Å². The molecule has 8 nitrogen and oxygen atoms in total. The van der Waals surface area contributed by atoms with E-state index >= 15 is 0 Å². The fourth-order valence-electron chi connectivity index (χ4n) is 4.19. The quantitative estimate of drug-likeness (QED) is 0.555. The molecular weight excluding hydrogens is 434 g/mol. The molecule has 0 aliphatic carbocycles. The van der Waals surface area contributed by atoms with Crippen LogP contribution in [0.15, 0.2) is 35.3 Å². The lowest BCUT2D eigenvalue weighted by Crippen LogP contribution is -2.22. The van der Waals surface area contributed by atoms with Gasteiger partial charge < -0.3 is 10.1 Å². The summed E-state index contributed by atoms with van der Waals surface area (Å²) in [5, 5.41) is 13.0. The number of rotatable bonds is 4. The first-order valence-corrected chi connectivity index (χ1v) is 12.4. The van der Waals surface area contributed by atoms with Crippen molar-refractivity contribution >= 4 is 35.2 Å². The lowest BCUT2D eigenvalue weighted by molar-refractivity contribution is -0.113. The lowest BCUT2D eigenvalue weighted by Gasteiger charge is -2.24. The summed E-state index contributed by atoms with van der Waals surface area (Å²) < 4.78 is 7.15. The van der Waals surface area contributed by atoms with Gasteiger partial charge in [0.2, 0.25) is 5.91 Å². The van der Waals surface area contributed by atoms with Crippen molar-refractivity contribution < 1.29 is 9.53 Å². The van der Waals surface area contributed by atoms with Crippen LogP contribution in [0.4, 0.5) is 5.82 Å². The number of anilines is 1. The summed E-state index contributed by atoms with van der Waals surface area (Å²) in [5.74, 6) is 3.64. The number of nitrogens with one attached hydrogen (secondary N) is 3. The molecule has 162 valence electrons. The number of benzene rings is 1. The Morgan fingerprint density at radius 1 is 1.16 bits per heavy atom. The first-order valence-electron chi connectivity index (χ1n) is 10.2. The Bertz CT molecular complexity index is 1140. The summed E-state index contributed by atoms with van der Waals surface area (Å²) in [6.07, 6.45) is 3.70. The third kappa shape index (κ3) is 3.78. The van der Waals surface area contributed by atoms with E-state index in [-0.39, 0.29) is 28.5 Å². The number of H-pyrrole nitrogens is 2. The first kappa shape index (κ1) is 20.3. The van der Waals surface area contributed by atoms with E-state index in [9.17, 15) is 9.59 Å². The van der Waals surface area contributed by atoms with E-state index in [1.54, 1.807) is 13.3 Å². The number of thioether (sulfide) groups is 2. The average Bonchev–Trinajstić information content (AvgIpc) is 3.36. The highest BCUT2D eigenvalue weighted by Gasteiger charge is 2.34. The number of methoxy groups -OCH3 is 1. The number of carbonyl (C=O) groups excluding carboxylic acids is 1. The summed E-state index contributed by atoms with van der Waals surface area (Å²) in [7, 11) is 1.63. The number of hydrogen-bond donors (Lipinski definition) is 3. The van der Waals surface area contributed by atoms with Gasteiger partial charge in [-0.15, -0.1) is 11.8 Å². The third-order valence-electron chi connectivity index (χ3n) is 5.75. The molecule has 4 heterocycles. The molecule has 1 amide bonds. The Morgan fingerprint density at radius 3 is 2.68 bits per heavy atom. The van der Waals surface area contributed by atoms with Crippen molar-refractivity contribution in [3.05, 3.63) is 51.9 Å². The maximum Gasteiger partial charge on any atom is 0.270 e. The Kier molecular flexibility index (Phi) is 5.58. The van der Waals surface area contributed by atoms with Crippen LogP contribution >= 0.6 is 23.5 Å². The van der Waals surface area contributed by atoms with Gasteiger partial charge in [0.15, 0.2) is 0 Å². The highest BCUT2D eigenvalue weighted by Crippen LogP contribution is 2.44. The maximum absolute atomic E-state index is 13.1. The van der Waals surface area contributed by atoms with Crippen LogP contribution in [0.5, 0.6) is 5.75 Å².